The first kappa shape index (κ1) is 27.2. The lowest BCUT2D eigenvalue weighted by atomic mass is 9.95. The van der Waals surface area contributed by atoms with Gasteiger partial charge in [-0.25, -0.2) is 15.0 Å². The maximum atomic E-state index is 5.26. The van der Waals surface area contributed by atoms with E-state index in [4.69, 9.17) is 15.0 Å². The first-order valence-corrected chi connectivity index (χ1v) is 16.1. The van der Waals surface area contributed by atoms with Gasteiger partial charge >= 0.3 is 0 Å². The van der Waals surface area contributed by atoms with Crippen molar-refractivity contribution in [2.45, 2.75) is 13.5 Å². The molecule has 0 aliphatic carbocycles. The number of benzene rings is 6. The summed E-state index contributed by atoms with van der Waals surface area (Å²) < 4.78 is 2.28. The number of imidazole rings is 1. The highest BCUT2D eigenvalue weighted by molar-refractivity contribution is 6.20. The quantitative estimate of drug-likeness (QED) is 0.184. The number of para-hydroxylation sites is 3. The van der Waals surface area contributed by atoms with Gasteiger partial charge in [0.05, 0.1) is 33.5 Å². The van der Waals surface area contributed by atoms with Crippen molar-refractivity contribution in [3.8, 4) is 45.0 Å². The molecule has 0 unspecified atom stereocenters. The molecule has 0 N–H and O–H groups in total. The number of fused-ring (bicyclic) bond motifs is 6. The summed E-state index contributed by atoms with van der Waals surface area (Å²) in [6.07, 6.45) is 0. The van der Waals surface area contributed by atoms with Crippen LogP contribution in [-0.2, 0) is 6.54 Å². The van der Waals surface area contributed by atoms with Gasteiger partial charge in [0, 0.05) is 39.4 Å². The van der Waals surface area contributed by atoms with Gasteiger partial charge in [-0.1, -0.05) is 127 Å². The Morgan fingerprint density at radius 3 is 1.87 bits per heavy atom. The first-order valence-electron chi connectivity index (χ1n) is 16.1. The second-order valence-electron chi connectivity index (χ2n) is 11.9. The van der Waals surface area contributed by atoms with Crippen LogP contribution in [0.2, 0.25) is 0 Å². The van der Waals surface area contributed by atoms with Crippen LogP contribution in [0.3, 0.4) is 0 Å². The highest BCUT2D eigenvalue weighted by Gasteiger charge is 2.16. The largest absolute Gasteiger partial charge is 0.324 e. The van der Waals surface area contributed by atoms with Crippen LogP contribution in [0, 0.1) is 0 Å². The van der Waals surface area contributed by atoms with Crippen molar-refractivity contribution in [3.63, 3.8) is 0 Å². The summed E-state index contributed by atoms with van der Waals surface area (Å²) >= 11 is 0. The fourth-order valence-electron chi connectivity index (χ4n) is 6.85. The molecule has 9 rings (SSSR count). The van der Waals surface area contributed by atoms with E-state index in [0.717, 1.165) is 89.7 Å². The maximum Gasteiger partial charge on any atom is 0.141 e. The van der Waals surface area contributed by atoms with Crippen molar-refractivity contribution in [2.75, 3.05) is 0 Å². The Morgan fingerprint density at radius 2 is 1.11 bits per heavy atom. The Balaban J connectivity index is 1.15. The summed E-state index contributed by atoms with van der Waals surface area (Å²) in [4.78, 5) is 15.4. The van der Waals surface area contributed by atoms with E-state index in [2.05, 4.69) is 151 Å². The number of hydrogen-bond donors (Lipinski definition) is 0. The summed E-state index contributed by atoms with van der Waals surface area (Å²) in [5.41, 5.74) is 11.6. The minimum Gasteiger partial charge on any atom is -0.324 e. The lowest BCUT2D eigenvalue weighted by Crippen LogP contribution is -1.97. The van der Waals surface area contributed by atoms with Gasteiger partial charge in [0.15, 0.2) is 0 Å². The first-order chi connectivity index (χ1) is 23.2. The van der Waals surface area contributed by atoms with E-state index in [-0.39, 0.29) is 0 Å². The van der Waals surface area contributed by atoms with Crippen molar-refractivity contribution in [2.24, 2.45) is 0 Å². The number of pyridine rings is 2. The molecule has 0 bridgehead atoms. The zero-order valence-electron chi connectivity index (χ0n) is 25.9. The third-order valence-corrected chi connectivity index (χ3v) is 9.20. The van der Waals surface area contributed by atoms with E-state index >= 15 is 0 Å². The fraction of sp³-hybridized carbons (Fsp3) is 0.0465. The van der Waals surface area contributed by atoms with Gasteiger partial charge in [-0.15, -0.1) is 0 Å². The van der Waals surface area contributed by atoms with Crippen LogP contribution in [0.4, 0.5) is 0 Å². The molecule has 0 spiro atoms. The van der Waals surface area contributed by atoms with Crippen LogP contribution in [-0.4, -0.2) is 19.5 Å². The number of rotatable bonds is 5. The molecule has 0 fully saturated rings. The molecule has 3 heterocycles. The van der Waals surface area contributed by atoms with Gasteiger partial charge in [0.2, 0.25) is 0 Å². The average Bonchev–Trinajstić information content (AvgIpc) is 3.53. The van der Waals surface area contributed by atoms with E-state index in [0.29, 0.717) is 0 Å². The van der Waals surface area contributed by atoms with Crippen LogP contribution < -0.4 is 0 Å². The SMILES string of the molecule is CCn1c(-c2ccc(-c3ccc(-c4nc5ccccc5c5ccc6ccc(-c7ccccc7)nc6c45)cc3)cc2)nc2ccccc21. The van der Waals surface area contributed by atoms with Crippen LogP contribution >= 0.6 is 0 Å². The van der Waals surface area contributed by atoms with Crippen LogP contribution in [0.5, 0.6) is 0 Å². The molecule has 0 atom stereocenters. The Bertz CT molecular complexity index is 2580. The molecule has 4 nitrogen and oxygen atoms in total. The highest BCUT2D eigenvalue weighted by atomic mass is 15.1. The lowest BCUT2D eigenvalue weighted by molar-refractivity contribution is 0.796. The number of aromatic nitrogens is 4. The molecule has 222 valence electrons. The lowest BCUT2D eigenvalue weighted by Gasteiger charge is -2.14. The van der Waals surface area contributed by atoms with Crippen molar-refractivity contribution < 1.29 is 0 Å². The summed E-state index contributed by atoms with van der Waals surface area (Å²) in [5, 5.41) is 4.47. The zero-order chi connectivity index (χ0) is 31.3. The summed E-state index contributed by atoms with van der Waals surface area (Å²) in [5.74, 6) is 1.00. The zero-order valence-corrected chi connectivity index (χ0v) is 25.9. The van der Waals surface area contributed by atoms with E-state index in [1.165, 1.54) is 5.52 Å². The maximum absolute atomic E-state index is 5.26. The smallest absolute Gasteiger partial charge is 0.141 e. The molecule has 0 aliphatic rings. The van der Waals surface area contributed by atoms with Gasteiger partial charge in [-0.2, -0.15) is 0 Å². The van der Waals surface area contributed by atoms with Crippen LogP contribution in [0.25, 0.3) is 88.6 Å². The second kappa shape index (κ2) is 11.0. The Hall–Kier alpha value is -6.13. The third-order valence-electron chi connectivity index (χ3n) is 9.20. The molecule has 0 saturated heterocycles. The number of hydrogen-bond acceptors (Lipinski definition) is 3. The van der Waals surface area contributed by atoms with Crippen molar-refractivity contribution in [1.82, 2.24) is 19.5 Å². The molecule has 0 amide bonds. The molecule has 9 aromatic rings. The number of nitrogens with zero attached hydrogens (tertiary/aromatic N) is 4. The molecule has 0 aliphatic heterocycles. The van der Waals surface area contributed by atoms with Crippen molar-refractivity contribution in [1.29, 1.82) is 0 Å². The minimum absolute atomic E-state index is 0.870. The monoisotopic (exact) mass is 602 g/mol. The third kappa shape index (κ3) is 4.57. The van der Waals surface area contributed by atoms with Gasteiger partial charge in [-0.05, 0) is 47.7 Å². The predicted octanol–water partition coefficient (Wildman–Crippen LogP) is 11.0. The molecule has 4 heteroatoms. The van der Waals surface area contributed by atoms with E-state index in [9.17, 15) is 0 Å². The Kier molecular flexibility index (Phi) is 6.39. The highest BCUT2D eigenvalue weighted by Crippen LogP contribution is 2.38. The summed E-state index contributed by atoms with van der Waals surface area (Å²) in [6.45, 7) is 3.04. The molecule has 0 saturated carbocycles. The van der Waals surface area contributed by atoms with E-state index in [1.54, 1.807) is 0 Å². The van der Waals surface area contributed by atoms with Gasteiger partial charge < -0.3 is 4.57 Å². The van der Waals surface area contributed by atoms with Crippen molar-refractivity contribution in [3.05, 3.63) is 152 Å². The molecule has 3 aromatic heterocycles. The molecule has 6 aromatic carbocycles. The fourth-order valence-corrected chi connectivity index (χ4v) is 6.85. The standard InChI is InChI=1S/C43H30N4/c1-2-47-39-15-9-8-14-38(39)46-43(47)33-22-18-29(19-23-33)28-16-20-31(21-17-28)42-40-35(34-12-6-7-13-37(34)45-42)26-24-32-25-27-36(44-41(32)40)30-10-4-3-5-11-30/h3-27H,2H2,1H3. The summed E-state index contributed by atoms with van der Waals surface area (Å²) in [7, 11) is 0. The van der Waals surface area contributed by atoms with Gasteiger partial charge in [-0.3, -0.25) is 0 Å². The Labute approximate surface area is 272 Å². The topological polar surface area (TPSA) is 43.6 Å². The summed E-state index contributed by atoms with van der Waals surface area (Å²) in [6, 6.07) is 53.3. The molecule has 47 heavy (non-hydrogen) atoms. The minimum atomic E-state index is 0.870. The van der Waals surface area contributed by atoms with Crippen LogP contribution in [0.1, 0.15) is 6.92 Å². The van der Waals surface area contributed by atoms with E-state index in [1.807, 2.05) is 12.1 Å². The molecule has 0 radical (unpaired) electrons. The number of aryl methyl sites for hydroxylation is 1. The van der Waals surface area contributed by atoms with E-state index < -0.39 is 0 Å². The predicted molar refractivity (Wildman–Crippen MR) is 195 cm³/mol. The average molecular weight is 603 g/mol. The molecular weight excluding hydrogens is 573 g/mol. The van der Waals surface area contributed by atoms with Gasteiger partial charge in [0.1, 0.15) is 5.82 Å². The Morgan fingerprint density at radius 1 is 0.468 bits per heavy atom. The second-order valence-corrected chi connectivity index (χ2v) is 11.9. The molecular formula is C43H30N4. The normalized spacial score (nSPS) is 11.6. The van der Waals surface area contributed by atoms with Crippen molar-refractivity contribution >= 4 is 43.6 Å². The van der Waals surface area contributed by atoms with Crippen LogP contribution in [0.15, 0.2) is 152 Å². The van der Waals surface area contributed by atoms with Gasteiger partial charge in [0.25, 0.3) is 0 Å².